The van der Waals surface area contributed by atoms with E-state index < -0.39 is 18.8 Å². The predicted molar refractivity (Wildman–Crippen MR) is 167 cm³/mol. The van der Waals surface area contributed by atoms with Crippen molar-refractivity contribution >= 4 is 28.5 Å². The number of nitrogens with zero attached hydrogens (tertiary/aromatic N) is 5. The molecule has 0 aliphatic carbocycles. The summed E-state index contributed by atoms with van der Waals surface area (Å²) in [5.41, 5.74) is 6.11. The number of amidine groups is 1. The Morgan fingerprint density at radius 3 is 2.37 bits per heavy atom. The first-order valence-corrected chi connectivity index (χ1v) is 15.1. The van der Waals surface area contributed by atoms with Crippen LogP contribution in [0.4, 0.5) is 18.9 Å². The van der Waals surface area contributed by atoms with E-state index in [9.17, 15) is 23.1 Å². The van der Waals surface area contributed by atoms with E-state index in [0.717, 1.165) is 11.1 Å². The van der Waals surface area contributed by atoms with Crippen LogP contribution in [0.25, 0.3) is 17.1 Å². The van der Waals surface area contributed by atoms with Crippen molar-refractivity contribution in [1.82, 2.24) is 20.2 Å². The number of amides is 1. The van der Waals surface area contributed by atoms with Gasteiger partial charge in [-0.3, -0.25) is 14.5 Å². The van der Waals surface area contributed by atoms with E-state index >= 15 is 0 Å². The van der Waals surface area contributed by atoms with Gasteiger partial charge in [0.15, 0.2) is 11.0 Å². The summed E-state index contributed by atoms with van der Waals surface area (Å²) in [7, 11) is 1.56. The molecule has 1 aliphatic heterocycles. The Labute approximate surface area is 267 Å². The molecule has 242 valence electrons. The largest absolute Gasteiger partial charge is 0.573 e. The average Bonchev–Trinajstić information content (AvgIpc) is 3.66. The highest BCUT2D eigenvalue weighted by molar-refractivity contribution is 8.15. The molecular formula is C31H31F3N6O5S. The maximum Gasteiger partial charge on any atom is 0.573 e. The number of thioether (sulfide) groups is 1. The number of nitrogens with one attached hydrogen (secondary N) is 1. The molecule has 0 saturated carbocycles. The van der Waals surface area contributed by atoms with Crippen LogP contribution in [0.5, 0.6) is 11.5 Å². The molecular weight excluding hydrogens is 625 g/mol. The number of aliphatic imine (C=N–C) groups is 1. The van der Waals surface area contributed by atoms with Crippen LogP contribution < -0.4 is 19.9 Å². The summed E-state index contributed by atoms with van der Waals surface area (Å²) in [6.07, 6.45) is -5.26. The van der Waals surface area contributed by atoms with Gasteiger partial charge in [0.1, 0.15) is 23.9 Å². The first-order valence-electron chi connectivity index (χ1n) is 14.1. The predicted octanol–water partition coefficient (Wildman–Crippen LogP) is 5.96. The third kappa shape index (κ3) is 7.85. The van der Waals surface area contributed by atoms with E-state index in [1.807, 2.05) is 38.1 Å². The van der Waals surface area contributed by atoms with Gasteiger partial charge < -0.3 is 14.6 Å². The summed E-state index contributed by atoms with van der Waals surface area (Å²) in [6, 6.07) is 18.0. The lowest BCUT2D eigenvalue weighted by Crippen LogP contribution is -2.34. The highest BCUT2D eigenvalue weighted by atomic mass is 32.2. The number of hydrogen-bond donors (Lipinski definition) is 2. The number of aromatic nitrogens is 3. The fourth-order valence-corrected chi connectivity index (χ4v) is 5.50. The van der Waals surface area contributed by atoms with Crippen molar-refractivity contribution in [3.05, 3.63) is 84.2 Å². The Morgan fingerprint density at radius 1 is 1.02 bits per heavy atom. The van der Waals surface area contributed by atoms with Crippen molar-refractivity contribution < 1.29 is 37.4 Å². The number of benzene rings is 3. The van der Waals surface area contributed by atoms with Gasteiger partial charge in [0, 0.05) is 11.6 Å². The second-order valence-electron chi connectivity index (χ2n) is 10.4. The molecule has 2 heterocycles. The van der Waals surface area contributed by atoms with Crippen molar-refractivity contribution in [2.75, 3.05) is 17.8 Å². The first-order chi connectivity index (χ1) is 21.9. The topological polar surface area (TPSA) is 123 Å². The maximum absolute atomic E-state index is 12.9. The number of rotatable bonds is 11. The summed E-state index contributed by atoms with van der Waals surface area (Å²) >= 11 is 1.22. The van der Waals surface area contributed by atoms with E-state index in [4.69, 9.17) is 9.57 Å². The lowest BCUT2D eigenvalue weighted by molar-refractivity contribution is -0.274. The molecule has 1 fully saturated rings. The van der Waals surface area contributed by atoms with Crippen LogP contribution in [0.3, 0.4) is 0 Å². The van der Waals surface area contributed by atoms with Crippen LogP contribution in [0.15, 0.2) is 78.0 Å². The molecule has 5 rings (SSSR count). The second-order valence-corrected chi connectivity index (χ2v) is 11.4. The van der Waals surface area contributed by atoms with Crippen LogP contribution in [-0.4, -0.2) is 56.5 Å². The molecule has 1 saturated heterocycles. The Morgan fingerprint density at radius 2 is 1.72 bits per heavy atom. The molecule has 0 spiro atoms. The molecule has 1 amide bonds. The van der Waals surface area contributed by atoms with Crippen LogP contribution >= 0.6 is 11.8 Å². The molecule has 1 aliphatic rings. The lowest BCUT2D eigenvalue weighted by Gasteiger charge is -2.23. The van der Waals surface area contributed by atoms with Gasteiger partial charge in [0.05, 0.1) is 24.2 Å². The number of carbonyl (C=O) groups excluding carboxylic acids is 1. The standard InChI is InChI=1S/C31H31F3N6O5S/c1-18(2)25-14-13-24(43-4)15-26(25)40-27(41)16-46-30(40)36-29(42)38-45-19(3)20-5-7-21(8-6-20)28-35-17-39(37-28)22-9-11-23(12-10-22)44-31(32,33)34/h5-15,17-19,29,38,42H,16H2,1-4H3. The number of hydroxylamine groups is 1. The first kappa shape index (κ1) is 32.9. The fraction of sp³-hybridized carbons (Fsp3) is 0.290. The van der Waals surface area contributed by atoms with Gasteiger partial charge in [-0.15, -0.1) is 18.3 Å². The maximum atomic E-state index is 12.9. The minimum atomic E-state index is -4.77. The van der Waals surface area contributed by atoms with Crippen molar-refractivity contribution in [1.29, 1.82) is 0 Å². The van der Waals surface area contributed by atoms with Crippen molar-refractivity contribution in [2.45, 2.75) is 45.5 Å². The molecule has 2 unspecified atom stereocenters. The van der Waals surface area contributed by atoms with Crippen LogP contribution in [0.2, 0.25) is 0 Å². The number of aliphatic hydroxyl groups excluding tert-OH is 1. The highest BCUT2D eigenvalue weighted by Gasteiger charge is 2.33. The zero-order chi connectivity index (χ0) is 33.0. The molecule has 2 N–H and O–H groups in total. The number of methoxy groups -OCH3 is 1. The smallest absolute Gasteiger partial charge is 0.497 e. The number of aliphatic hydroxyl groups is 1. The van der Waals surface area contributed by atoms with Crippen LogP contribution in [-0.2, 0) is 9.63 Å². The van der Waals surface area contributed by atoms with Gasteiger partial charge in [0.25, 0.3) is 0 Å². The highest BCUT2D eigenvalue weighted by Crippen LogP contribution is 2.36. The van der Waals surface area contributed by atoms with Crippen LogP contribution in [0.1, 0.15) is 43.9 Å². The summed E-state index contributed by atoms with van der Waals surface area (Å²) < 4.78 is 48.0. The molecule has 2 atom stereocenters. The Balaban J connectivity index is 1.21. The van der Waals surface area contributed by atoms with E-state index in [-0.39, 0.29) is 23.3 Å². The Bertz CT molecular complexity index is 1700. The second kappa shape index (κ2) is 13.9. The SMILES string of the molecule is COc1ccc(C(C)C)c(N2C(=O)CSC2=NC(O)NOC(C)c2ccc(-c3ncn(-c4ccc(OC(F)(F)F)cc4)n3)cc2)c1. The quantitative estimate of drug-likeness (QED) is 0.149. The van der Waals surface area contributed by atoms with Gasteiger partial charge in [-0.05, 0) is 54.3 Å². The van der Waals surface area contributed by atoms with Gasteiger partial charge in [-0.25, -0.2) is 14.7 Å². The molecule has 15 heteroatoms. The zero-order valence-corrected chi connectivity index (χ0v) is 26.0. The third-order valence-electron chi connectivity index (χ3n) is 6.91. The van der Waals surface area contributed by atoms with Gasteiger partial charge >= 0.3 is 6.36 Å². The van der Waals surface area contributed by atoms with Crippen molar-refractivity contribution in [3.8, 4) is 28.6 Å². The molecule has 4 aromatic rings. The van der Waals surface area contributed by atoms with Gasteiger partial charge in [0.2, 0.25) is 12.3 Å². The van der Waals surface area contributed by atoms with Gasteiger partial charge in [-0.2, -0.15) is 5.48 Å². The van der Waals surface area contributed by atoms with Crippen molar-refractivity contribution in [2.24, 2.45) is 4.99 Å². The zero-order valence-electron chi connectivity index (χ0n) is 25.2. The summed E-state index contributed by atoms with van der Waals surface area (Å²) in [6.45, 7) is 5.84. The monoisotopic (exact) mass is 656 g/mol. The minimum Gasteiger partial charge on any atom is -0.497 e. The number of ether oxygens (including phenoxy) is 2. The number of carbonyl (C=O) groups is 1. The van der Waals surface area contributed by atoms with E-state index in [1.54, 1.807) is 32.2 Å². The normalized spacial score (nSPS) is 15.9. The molecule has 11 nitrogen and oxygen atoms in total. The molecule has 0 radical (unpaired) electrons. The van der Waals surface area contributed by atoms with E-state index in [0.29, 0.717) is 33.7 Å². The Hall–Kier alpha value is -4.44. The Kier molecular flexibility index (Phi) is 9.96. The number of alkyl halides is 3. The number of anilines is 1. The lowest BCUT2D eigenvalue weighted by atomic mass is 10.00. The molecule has 1 aromatic heterocycles. The summed E-state index contributed by atoms with van der Waals surface area (Å²) in [5, 5.41) is 15.4. The van der Waals surface area contributed by atoms with E-state index in [2.05, 4.69) is 25.3 Å². The van der Waals surface area contributed by atoms with Gasteiger partial charge in [-0.1, -0.05) is 55.9 Å². The molecule has 0 bridgehead atoms. The molecule has 46 heavy (non-hydrogen) atoms. The van der Waals surface area contributed by atoms with Crippen molar-refractivity contribution in [3.63, 3.8) is 0 Å². The fourth-order valence-electron chi connectivity index (χ4n) is 4.61. The van der Waals surface area contributed by atoms with Crippen LogP contribution in [0, 0.1) is 0 Å². The average molecular weight is 657 g/mol. The minimum absolute atomic E-state index is 0.133. The molecule has 3 aromatic carbocycles. The number of halogens is 3. The summed E-state index contributed by atoms with van der Waals surface area (Å²) in [5.74, 6) is 0.829. The third-order valence-corrected chi connectivity index (χ3v) is 7.85. The number of hydrogen-bond acceptors (Lipinski definition) is 10. The van der Waals surface area contributed by atoms with E-state index in [1.165, 1.54) is 51.9 Å². The summed E-state index contributed by atoms with van der Waals surface area (Å²) in [4.78, 5) is 28.6.